The standard InChI is InChI=1S/C20H30N4O2S2/c1-6-21-20(24-13-17-12-22-19(27-17)9-14(2)3)23-11-16-7-8-18(15(4)10-16)28(5,25)26/h7-8,10,12,14H,6,9,11,13H2,1-5H3,(H2,21,23,24). The molecule has 0 aliphatic heterocycles. The van der Waals surface area contributed by atoms with Crippen molar-refractivity contribution >= 4 is 27.1 Å². The van der Waals surface area contributed by atoms with E-state index in [0.717, 1.165) is 35.1 Å². The summed E-state index contributed by atoms with van der Waals surface area (Å²) in [6.45, 7) is 10.1. The van der Waals surface area contributed by atoms with Crippen LogP contribution in [0.5, 0.6) is 0 Å². The summed E-state index contributed by atoms with van der Waals surface area (Å²) in [7, 11) is -3.20. The number of aromatic nitrogens is 1. The van der Waals surface area contributed by atoms with Crippen LogP contribution in [0, 0.1) is 12.8 Å². The van der Waals surface area contributed by atoms with Crippen molar-refractivity contribution in [1.29, 1.82) is 0 Å². The molecule has 0 unspecified atom stereocenters. The van der Waals surface area contributed by atoms with Crippen molar-refractivity contribution in [1.82, 2.24) is 15.6 Å². The van der Waals surface area contributed by atoms with Crippen LogP contribution in [-0.4, -0.2) is 32.2 Å². The van der Waals surface area contributed by atoms with Crippen LogP contribution in [0.3, 0.4) is 0 Å². The van der Waals surface area contributed by atoms with Crippen molar-refractivity contribution in [2.45, 2.75) is 52.1 Å². The molecule has 0 saturated carbocycles. The third kappa shape index (κ3) is 6.91. The monoisotopic (exact) mass is 422 g/mol. The van der Waals surface area contributed by atoms with Crippen LogP contribution in [0.15, 0.2) is 34.3 Å². The Hall–Kier alpha value is -1.93. The average Bonchev–Trinajstić information content (AvgIpc) is 3.03. The summed E-state index contributed by atoms with van der Waals surface area (Å²) in [5, 5.41) is 7.74. The number of guanidine groups is 1. The lowest BCUT2D eigenvalue weighted by atomic mass is 10.1. The smallest absolute Gasteiger partial charge is 0.191 e. The lowest BCUT2D eigenvalue weighted by Gasteiger charge is -2.11. The molecule has 1 aromatic carbocycles. The third-order valence-corrected chi connectivity index (χ3v) is 6.29. The molecule has 0 atom stereocenters. The Bertz CT molecular complexity index is 918. The van der Waals surface area contributed by atoms with Gasteiger partial charge in [-0.2, -0.15) is 0 Å². The van der Waals surface area contributed by atoms with Crippen LogP contribution in [-0.2, 0) is 29.3 Å². The molecule has 1 heterocycles. The summed E-state index contributed by atoms with van der Waals surface area (Å²) in [6.07, 6.45) is 4.15. The van der Waals surface area contributed by atoms with Gasteiger partial charge in [0.15, 0.2) is 15.8 Å². The molecule has 0 aliphatic carbocycles. The lowest BCUT2D eigenvalue weighted by Crippen LogP contribution is -2.36. The predicted octanol–water partition coefficient (Wildman–Crippen LogP) is 3.31. The minimum Gasteiger partial charge on any atom is -0.357 e. The first-order chi connectivity index (χ1) is 13.2. The van der Waals surface area contributed by atoms with E-state index in [1.807, 2.05) is 32.2 Å². The molecule has 2 aromatic rings. The molecule has 0 saturated heterocycles. The van der Waals surface area contributed by atoms with Gasteiger partial charge in [0.05, 0.1) is 23.0 Å². The number of benzene rings is 1. The van der Waals surface area contributed by atoms with Crippen LogP contribution < -0.4 is 10.6 Å². The molecule has 6 nitrogen and oxygen atoms in total. The van der Waals surface area contributed by atoms with Gasteiger partial charge in [-0.3, -0.25) is 0 Å². The number of aryl methyl sites for hydroxylation is 1. The van der Waals surface area contributed by atoms with Crippen LogP contribution in [0.25, 0.3) is 0 Å². The van der Waals surface area contributed by atoms with Crippen LogP contribution in [0.4, 0.5) is 0 Å². The van der Waals surface area contributed by atoms with Crippen molar-refractivity contribution < 1.29 is 8.42 Å². The molecule has 1 aromatic heterocycles. The quantitative estimate of drug-likeness (QED) is 0.504. The number of rotatable bonds is 8. The fraction of sp³-hybridized carbons (Fsp3) is 0.500. The Kier molecular flexibility index (Phi) is 8.00. The van der Waals surface area contributed by atoms with Gasteiger partial charge in [0, 0.05) is 30.3 Å². The van der Waals surface area contributed by atoms with E-state index in [0.29, 0.717) is 23.9 Å². The first kappa shape index (κ1) is 22.4. The van der Waals surface area contributed by atoms with Crippen LogP contribution >= 0.6 is 11.3 Å². The normalized spacial score (nSPS) is 12.4. The Morgan fingerprint density at radius 2 is 2.04 bits per heavy atom. The van der Waals surface area contributed by atoms with Crippen molar-refractivity contribution in [3.8, 4) is 0 Å². The summed E-state index contributed by atoms with van der Waals surface area (Å²) < 4.78 is 23.5. The zero-order chi connectivity index (χ0) is 20.7. The second kappa shape index (κ2) is 10.0. The Labute approximate surface area is 172 Å². The first-order valence-corrected chi connectivity index (χ1v) is 12.1. The molecule has 2 N–H and O–H groups in total. The van der Waals surface area contributed by atoms with E-state index in [1.54, 1.807) is 17.4 Å². The predicted molar refractivity (Wildman–Crippen MR) is 117 cm³/mol. The molecule has 154 valence electrons. The van der Waals surface area contributed by atoms with Gasteiger partial charge in [-0.05, 0) is 37.0 Å². The summed E-state index contributed by atoms with van der Waals surface area (Å²) in [6, 6.07) is 5.35. The summed E-state index contributed by atoms with van der Waals surface area (Å²) in [4.78, 5) is 10.6. The molecule has 8 heteroatoms. The maximum absolute atomic E-state index is 11.7. The molecule has 0 bridgehead atoms. The molecular formula is C20H30N4O2S2. The highest BCUT2D eigenvalue weighted by Gasteiger charge is 2.11. The molecule has 0 spiro atoms. The van der Waals surface area contributed by atoms with Gasteiger partial charge >= 0.3 is 0 Å². The number of nitrogens with one attached hydrogen (secondary N) is 2. The molecule has 0 radical (unpaired) electrons. The summed E-state index contributed by atoms with van der Waals surface area (Å²) in [5.41, 5.74) is 1.72. The van der Waals surface area contributed by atoms with E-state index >= 15 is 0 Å². The second-order valence-electron chi connectivity index (χ2n) is 7.24. The molecule has 0 fully saturated rings. The van der Waals surface area contributed by atoms with Crippen molar-refractivity contribution in [3.05, 3.63) is 45.4 Å². The fourth-order valence-corrected chi connectivity index (χ4v) is 4.82. The molecule has 0 amide bonds. The summed E-state index contributed by atoms with van der Waals surface area (Å²) in [5.74, 6) is 1.33. The van der Waals surface area contributed by atoms with Gasteiger partial charge in [0.25, 0.3) is 0 Å². The van der Waals surface area contributed by atoms with Crippen LogP contribution in [0.1, 0.15) is 41.8 Å². The van der Waals surface area contributed by atoms with E-state index in [2.05, 4.69) is 34.5 Å². The lowest BCUT2D eigenvalue weighted by molar-refractivity contribution is 0.601. The Morgan fingerprint density at radius 1 is 1.29 bits per heavy atom. The SMILES string of the molecule is CCNC(=NCc1ccc(S(C)(=O)=O)c(C)c1)NCc1cnc(CC(C)C)s1. The zero-order valence-electron chi connectivity index (χ0n) is 17.2. The third-order valence-electron chi connectivity index (χ3n) is 4.02. The number of sulfone groups is 1. The largest absolute Gasteiger partial charge is 0.357 e. The number of nitrogens with zero attached hydrogens (tertiary/aromatic N) is 2. The number of aliphatic imine (C=N–C) groups is 1. The van der Waals surface area contributed by atoms with Crippen molar-refractivity contribution in [2.75, 3.05) is 12.8 Å². The minimum atomic E-state index is -3.20. The van der Waals surface area contributed by atoms with Gasteiger partial charge in [-0.1, -0.05) is 26.0 Å². The fourth-order valence-electron chi connectivity index (χ4n) is 2.78. The van der Waals surface area contributed by atoms with E-state index in [1.165, 1.54) is 11.1 Å². The number of hydrogen-bond acceptors (Lipinski definition) is 5. The molecule has 2 rings (SSSR count). The Balaban J connectivity index is 2.02. The first-order valence-electron chi connectivity index (χ1n) is 9.44. The number of hydrogen-bond donors (Lipinski definition) is 2. The molecular weight excluding hydrogens is 392 g/mol. The van der Waals surface area contributed by atoms with Crippen LogP contribution in [0.2, 0.25) is 0 Å². The number of thiazole rings is 1. The van der Waals surface area contributed by atoms with Gasteiger partial charge in [-0.15, -0.1) is 11.3 Å². The maximum Gasteiger partial charge on any atom is 0.191 e. The maximum atomic E-state index is 11.7. The van der Waals surface area contributed by atoms with Gasteiger partial charge in [-0.25, -0.2) is 18.4 Å². The molecule has 0 aliphatic rings. The second-order valence-corrected chi connectivity index (χ2v) is 10.4. The highest BCUT2D eigenvalue weighted by atomic mass is 32.2. The van der Waals surface area contributed by atoms with E-state index in [9.17, 15) is 8.42 Å². The van der Waals surface area contributed by atoms with E-state index in [4.69, 9.17) is 0 Å². The van der Waals surface area contributed by atoms with Gasteiger partial charge in [0.1, 0.15) is 0 Å². The van der Waals surface area contributed by atoms with E-state index < -0.39 is 9.84 Å². The topological polar surface area (TPSA) is 83.5 Å². The minimum absolute atomic E-state index is 0.368. The van der Waals surface area contributed by atoms with Gasteiger partial charge in [0.2, 0.25) is 0 Å². The Morgan fingerprint density at radius 3 is 2.64 bits per heavy atom. The van der Waals surface area contributed by atoms with Gasteiger partial charge < -0.3 is 10.6 Å². The van der Waals surface area contributed by atoms with E-state index in [-0.39, 0.29) is 0 Å². The van der Waals surface area contributed by atoms with Crippen molar-refractivity contribution in [2.24, 2.45) is 10.9 Å². The summed E-state index contributed by atoms with van der Waals surface area (Å²) >= 11 is 1.73. The average molecular weight is 423 g/mol. The molecule has 28 heavy (non-hydrogen) atoms. The zero-order valence-corrected chi connectivity index (χ0v) is 18.9. The highest BCUT2D eigenvalue weighted by Crippen LogP contribution is 2.18. The highest BCUT2D eigenvalue weighted by molar-refractivity contribution is 7.90. The van der Waals surface area contributed by atoms with Crippen molar-refractivity contribution in [3.63, 3.8) is 0 Å².